The molecule has 17 heavy (non-hydrogen) atoms. The molecule has 0 spiro atoms. The first-order valence-electron chi connectivity index (χ1n) is 6.54. The molecule has 0 amide bonds. The molecule has 0 aromatic rings. The van der Waals surface area contributed by atoms with Crippen molar-refractivity contribution in [2.45, 2.75) is 52.4 Å². The zero-order valence-electron chi connectivity index (χ0n) is 11.2. The van der Waals surface area contributed by atoms with Gasteiger partial charge in [0.1, 0.15) is 0 Å². The fourth-order valence-electron chi connectivity index (χ4n) is 1.71. The van der Waals surface area contributed by atoms with Crippen LogP contribution in [0.3, 0.4) is 0 Å². The Morgan fingerprint density at radius 2 is 1.71 bits per heavy atom. The Bertz CT molecular complexity index is 265. The van der Waals surface area contributed by atoms with Crippen LogP contribution in [0.2, 0.25) is 0 Å². The van der Waals surface area contributed by atoms with Crippen LogP contribution in [0.5, 0.6) is 0 Å². The van der Waals surface area contributed by atoms with E-state index in [1.165, 1.54) is 32.1 Å². The highest BCUT2D eigenvalue weighted by molar-refractivity contribution is 7.89. The van der Waals surface area contributed by atoms with Gasteiger partial charge in [-0.3, -0.25) is 0 Å². The van der Waals surface area contributed by atoms with E-state index in [0.717, 1.165) is 13.0 Å². The van der Waals surface area contributed by atoms with Gasteiger partial charge in [-0.1, -0.05) is 46.0 Å². The highest BCUT2D eigenvalue weighted by Gasteiger charge is 2.10. The Kier molecular flexibility index (Phi) is 9.78. The monoisotopic (exact) mass is 265 g/mol. The molecule has 2 N–H and O–H groups in total. The lowest BCUT2D eigenvalue weighted by molar-refractivity contribution is 0.107. The van der Waals surface area contributed by atoms with Crippen molar-refractivity contribution in [2.24, 2.45) is 11.1 Å². The second-order valence-corrected chi connectivity index (χ2v) is 6.44. The van der Waals surface area contributed by atoms with Crippen LogP contribution in [0.4, 0.5) is 0 Å². The van der Waals surface area contributed by atoms with Gasteiger partial charge in [-0.2, -0.15) is 0 Å². The van der Waals surface area contributed by atoms with Gasteiger partial charge in [-0.05, 0) is 12.3 Å². The lowest BCUT2D eigenvalue weighted by Crippen LogP contribution is -2.24. The van der Waals surface area contributed by atoms with Crippen LogP contribution in [0.15, 0.2) is 0 Å². The first-order valence-corrected chi connectivity index (χ1v) is 8.25. The second-order valence-electron chi connectivity index (χ2n) is 4.78. The Morgan fingerprint density at radius 1 is 1.12 bits per heavy atom. The van der Waals surface area contributed by atoms with Crippen LogP contribution in [0.1, 0.15) is 52.4 Å². The minimum Gasteiger partial charge on any atom is -0.381 e. The van der Waals surface area contributed by atoms with Crippen LogP contribution in [0.25, 0.3) is 0 Å². The minimum atomic E-state index is -3.36. The van der Waals surface area contributed by atoms with Gasteiger partial charge < -0.3 is 4.74 Å². The lowest BCUT2D eigenvalue weighted by atomic mass is 10.1. The standard InChI is InChI=1S/C12H27NO3S/c1-3-4-5-6-7-8-9-16-10-12(2)11-17(13,14)15/h12H,3-11H2,1-2H3,(H2,13,14,15). The summed E-state index contributed by atoms with van der Waals surface area (Å²) in [6, 6.07) is 0. The van der Waals surface area contributed by atoms with Crippen LogP contribution in [-0.4, -0.2) is 27.4 Å². The number of hydrogen-bond donors (Lipinski definition) is 1. The van der Waals surface area contributed by atoms with Gasteiger partial charge in [0.15, 0.2) is 0 Å². The molecule has 0 aromatic carbocycles. The van der Waals surface area contributed by atoms with E-state index in [2.05, 4.69) is 6.92 Å². The average Bonchev–Trinajstić information content (AvgIpc) is 2.19. The number of unbranched alkanes of at least 4 members (excludes halogenated alkanes) is 5. The SMILES string of the molecule is CCCCCCCCOCC(C)CS(N)(=O)=O. The van der Waals surface area contributed by atoms with Gasteiger partial charge in [0.2, 0.25) is 10.0 Å². The van der Waals surface area contributed by atoms with Gasteiger partial charge in [0, 0.05) is 6.61 Å². The van der Waals surface area contributed by atoms with Crippen molar-refractivity contribution in [3.63, 3.8) is 0 Å². The van der Waals surface area contributed by atoms with Crippen LogP contribution in [0, 0.1) is 5.92 Å². The molecule has 0 rings (SSSR count). The molecule has 0 bridgehead atoms. The number of sulfonamides is 1. The molecule has 0 aromatic heterocycles. The number of rotatable bonds is 11. The highest BCUT2D eigenvalue weighted by Crippen LogP contribution is 2.05. The lowest BCUT2D eigenvalue weighted by Gasteiger charge is -2.10. The molecule has 1 unspecified atom stereocenters. The van der Waals surface area contributed by atoms with Crippen LogP contribution < -0.4 is 5.14 Å². The van der Waals surface area contributed by atoms with Gasteiger partial charge in [0.25, 0.3) is 0 Å². The third kappa shape index (κ3) is 13.8. The van der Waals surface area contributed by atoms with Crippen molar-refractivity contribution in [3.8, 4) is 0 Å². The predicted molar refractivity (Wildman–Crippen MR) is 71.3 cm³/mol. The molecule has 0 aliphatic carbocycles. The van der Waals surface area contributed by atoms with Crippen molar-refractivity contribution in [2.75, 3.05) is 19.0 Å². The summed E-state index contributed by atoms with van der Waals surface area (Å²) >= 11 is 0. The summed E-state index contributed by atoms with van der Waals surface area (Å²) in [5.41, 5.74) is 0. The van der Waals surface area contributed by atoms with E-state index in [0.29, 0.717) is 6.61 Å². The minimum absolute atomic E-state index is 0.00347. The second kappa shape index (κ2) is 9.85. The van der Waals surface area contributed by atoms with E-state index < -0.39 is 10.0 Å². The van der Waals surface area contributed by atoms with E-state index in [-0.39, 0.29) is 11.7 Å². The summed E-state index contributed by atoms with van der Waals surface area (Å²) in [6.45, 7) is 5.24. The van der Waals surface area contributed by atoms with Crippen molar-refractivity contribution in [3.05, 3.63) is 0 Å². The molecule has 0 aliphatic rings. The van der Waals surface area contributed by atoms with Crippen LogP contribution >= 0.6 is 0 Å². The summed E-state index contributed by atoms with van der Waals surface area (Å²) in [5, 5.41) is 4.95. The Morgan fingerprint density at radius 3 is 2.29 bits per heavy atom. The molecule has 5 heteroatoms. The van der Waals surface area contributed by atoms with E-state index >= 15 is 0 Å². The average molecular weight is 265 g/mol. The fourth-order valence-corrected chi connectivity index (χ4v) is 2.60. The normalized spacial score (nSPS) is 13.8. The maximum Gasteiger partial charge on any atom is 0.209 e. The zero-order valence-corrected chi connectivity index (χ0v) is 12.0. The van der Waals surface area contributed by atoms with Gasteiger partial charge in [0.05, 0.1) is 12.4 Å². The zero-order chi connectivity index (χ0) is 13.1. The summed E-state index contributed by atoms with van der Waals surface area (Å²) in [5.74, 6) is -0.0196. The molecular weight excluding hydrogens is 238 g/mol. The number of hydrogen-bond acceptors (Lipinski definition) is 3. The Hall–Kier alpha value is -0.130. The van der Waals surface area contributed by atoms with Crippen molar-refractivity contribution >= 4 is 10.0 Å². The van der Waals surface area contributed by atoms with Crippen molar-refractivity contribution < 1.29 is 13.2 Å². The van der Waals surface area contributed by atoms with E-state index in [9.17, 15) is 8.42 Å². The Labute approximate surface area is 106 Å². The number of primary sulfonamides is 1. The van der Waals surface area contributed by atoms with Gasteiger partial charge in [-0.25, -0.2) is 13.6 Å². The summed E-state index contributed by atoms with van der Waals surface area (Å²) < 4.78 is 27.0. The third-order valence-electron chi connectivity index (χ3n) is 2.56. The molecule has 4 nitrogen and oxygen atoms in total. The highest BCUT2D eigenvalue weighted by atomic mass is 32.2. The fraction of sp³-hybridized carbons (Fsp3) is 1.00. The predicted octanol–water partition coefficient (Wildman–Crippen LogP) is 2.29. The summed E-state index contributed by atoms with van der Waals surface area (Å²) in [4.78, 5) is 0. The molecule has 0 heterocycles. The molecule has 0 saturated carbocycles. The molecule has 1 atom stereocenters. The Balaban J connectivity index is 3.28. The first-order chi connectivity index (χ1) is 7.95. The maximum atomic E-state index is 10.8. The van der Waals surface area contributed by atoms with Gasteiger partial charge in [-0.15, -0.1) is 0 Å². The first kappa shape index (κ1) is 16.9. The van der Waals surface area contributed by atoms with Crippen molar-refractivity contribution in [1.82, 2.24) is 0 Å². The summed E-state index contributed by atoms with van der Waals surface area (Å²) in [6.07, 6.45) is 7.41. The van der Waals surface area contributed by atoms with E-state index in [4.69, 9.17) is 9.88 Å². The maximum absolute atomic E-state index is 10.8. The molecule has 104 valence electrons. The molecule has 0 saturated heterocycles. The van der Waals surface area contributed by atoms with E-state index in [1.807, 2.05) is 6.92 Å². The molecule has 0 fully saturated rings. The largest absolute Gasteiger partial charge is 0.381 e. The van der Waals surface area contributed by atoms with Gasteiger partial charge >= 0.3 is 0 Å². The number of nitrogens with two attached hydrogens (primary N) is 1. The van der Waals surface area contributed by atoms with Crippen LogP contribution in [-0.2, 0) is 14.8 Å². The number of ether oxygens (including phenoxy) is 1. The van der Waals surface area contributed by atoms with Crippen molar-refractivity contribution in [1.29, 1.82) is 0 Å². The quantitative estimate of drug-likeness (QED) is 0.583. The molecular formula is C12H27NO3S. The third-order valence-corrected chi connectivity index (χ3v) is 3.60. The molecule has 0 radical (unpaired) electrons. The summed E-state index contributed by atoms with van der Waals surface area (Å²) in [7, 11) is -3.36. The molecule has 0 aliphatic heterocycles. The van der Waals surface area contributed by atoms with E-state index in [1.54, 1.807) is 0 Å². The smallest absolute Gasteiger partial charge is 0.209 e. The topological polar surface area (TPSA) is 69.4 Å².